The maximum atomic E-state index is 12.9. The normalized spacial score (nSPS) is 19.2. The summed E-state index contributed by atoms with van der Waals surface area (Å²) < 4.78 is 6.88. The molecule has 2 aliphatic rings. The summed E-state index contributed by atoms with van der Waals surface area (Å²) in [4.78, 5) is 26.6. The topological polar surface area (TPSA) is 101 Å². The van der Waals surface area contributed by atoms with E-state index in [0.29, 0.717) is 31.6 Å². The van der Waals surface area contributed by atoms with Gasteiger partial charge in [-0.25, -0.2) is 4.79 Å². The lowest BCUT2D eigenvalue weighted by molar-refractivity contribution is -0.150. The number of amides is 1. The van der Waals surface area contributed by atoms with Crippen LogP contribution in [0.4, 0.5) is 0 Å². The lowest BCUT2D eigenvalue weighted by Gasteiger charge is -2.38. The molecular formula is C18H22N4O4. The van der Waals surface area contributed by atoms with Crippen molar-refractivity contribution in [2.24, 2.45) is 0 Å². The van der Waals surface area contributed by atoms with Crippen LogP contribution >= 0.6 is 0 Å². The quantitative estimate of drug-likeness (QED) is 0.897. The molecule has 0 saturated carbocycles. The van der Waals surface area contributed by atoms with Gasteiger partial charge in [-0.2, -0.15) is 5.10 Å². The number of carbonyl (C=O) groups excluding carboxylic acids is 1. The maximum absolute atomic E-state index is 12.9. The van der Waals surface area contributed by atoms with Gasteiger partial charge in [0.05, 0.1) is 6.20 Å². The van der Waals surface area contributed by atoms with Crippen molar-refractivity contribution in [1.82, 2.24) is 19.8 Å². The minimum Gasteiger partial charge on any atom is -0.479 e. The van der Waals surface area contributed by atoms with Crippen LogP contribution in [0.5, 0.6) is 0 Å². The number of aliphatic carboxylic acids is 1. The first kappa shape index (κ1) is 16.8. The number of carboxylic acid groups (broad SMARTS) is 1. The lowest BCUT2D eigenvalue weighted by Crippen LogP contribution is -2.52. The zero-order valence-electron chi connectivity index (χ0n) is 14.8. The smallest absolute Gasteiger partial charge is 0.331 e. The second-order valence-electron chi connectivity index (χ2n) is 7.23. The van der Waals surface area contributed by atoms with Crippen molar-refractivity contribution < 1.29 is 19.2 Å². The van der Waals surface area contributed by atoms with Gasteiger partial charge in [0.1, 0.15) is 5.76 Å². The second-order valence-corrected chi connectivity index (χ2v) is 7.23. The maximum Gasteiger partial charge on any atom is 0.331 e. The van der Waals surface area contributed by atoms with Crippen molar-refractivity contribution in [2.75, 3.05) is 13.1 Å². The van der Waals surface area contributed by atoms with Crippen LogP contribution in [0.3, 0.4) is 0 Å². The Kier molecular flexibility index (Phi) is 4.05. The van der Waals surface area contributed by atoms with Gasteiger partial charge in [0.15, 0.2) is 11.2 Å². The van der Waals surface area contributed by atoms with Gasteiger partial charge < -0.3 is 14.5 Å². The van der Waals surface area contributed by atoms with Crippen molar-refractivity contribution in [3.63, 3.8) is 0 Å². The molecule has 4 rings (SSSR count). The fourth-order valence-electron chi connectivity index (χ4n) is 3.97. The van der Waals surface area contributed by atoms with Gasteiger partial charge in [0.2, 0.25) is 0 Å². The molecule has 26 heavy (non-hydrogen) atoms. The zero-order valence-corrected chi connectivity index (χ0v) is 14.8. The molecule has 138 valence electrons. The molecule has 2 aromatic rings. The van der Waals surface area contributed by atoms with Crippen LogP contribution in [-0.2, 0) is 23.2 Å². The molecule has 1 amide bonds. The number of carboxylic acids is 1. The van der Waals surface area contributed by atoms with Gasteiger partial charge in [-0.3, -0.25) is 9.48 Å². The van der Waals surface area contributed by atoms with Crippen molar-refractivity contribution in [3.8, 4) is 0 Å². The van der Waals surface area contributed by atoms with Crippen molar-refractivity contribution in [2.45, 2.75) is 51.0 Å². The third-order valence-corrected chi connectivity index (χ3v) is 5.58. The van der Waals surface area contributed by atoms with E-state index in [0.717, 1.165) is 42.6 Å². The van der Waals surface area contributed by atoms with E-state index in [1.807, 2.05) is 6.92 Å². The number of rotatable bonds is 3. The van der Waals surface area contributed by atoms with Gasteiger partial charge >= 0.3 is 5.97 Å². The average molecular weight is 358 g/mol. The van der Waals surface area contributed by atoms with E-state index in [-0.39, 0.29) is 5.91 Å². The molecule has 1 aliphatic carbocycles. The summed E-state index contributed by atoms with van der Waals surface area (Å²) in [6, 6.07) is 0. The molecule has 8 nitrogen and oxygen atoms in total. The number of piperidine rings is 1. The Morgan fingerprint density at radius 2 is 1.96 bits per heavy atom. The minimum absolute atomic E-state index is 0.160. The van der Waals surface area contributed by atoms with E-state index >= 15 is 0 Å². The van der Waals surface area contributed by atoms with Gasteiger partial charge in [-0.05, 0) is 31.7 Å². The van der Waals surface area contributed by atoms with E-state index in [1.54, 1.807) is 17.3 Å². The summed E-state index contributed by atoms with van der Waals surface area (Å²) in [7, 11) is 0. The molecular weight excluding hydrogens is 336 g/mol. The molecule has 1 N–H and O–H groups in total. The molecule has 2 aromatic heterocycles. The van der Waals surface area contributed by atoms with Crippen LogP contribution in [0, 0.1) is 6.92 Å². The summed E-state index contributed by atoms with van der Waals surface area (Å²) in [5, 5.41) is 18.0. The SMILES string of the molecule is Cc1cnn(C2(C(=O)O)CCN(C(=O)c3noc4c3CCCC4)CC2)c1. The Balaban J connectivity index is 1.53. The number of carbonyl (C=O) groups is 2. The minimum atomic E-state index is -1.10. The highest BCUT2D eigenvalue weighted by Crippen LogP contribution is 2.32. The van der Waals surface area contributed by atoms with E-state index in [9.17, 15) is 14.7 Å². The standard InChI is InChI=1S/C18H22N4O4/c1-12-10-19-22(11-12)18(17(24)25)6-8-21(9-7-18)16(23)15-13-4-2-3-5-14(13)26-20-15/h10-11H,2-9H2,1H3,(H,24,25). The number of fused-ring (bicyclic) bond motifs is 1. The number of hydrogen-bond acceptors (Lipinski definition) is 5. The highest BCUT2D eigenvalue weighted by Gasteiger charge is 2.45. The number of aryl methyl sites for hydroxylation is 2. The first-order chi connectivity index (χ1) is 12.5. The third kappa shape index (κ3) is 2.60. The van der Waals surface area contributed by atoms with Crippen LogP contribution < -0.4 is 0 Å². The first-order valence-corrected chi connectivity index (χ1v) is 9.03. The van der Waals surface area contributed by atoms with Gasteiger partial charge in [-0.15, -0.1) is 0 Å². The molecule has 0 radical (unpaired) electrons. The highest BCUT2D eigenvalue weighted by atomic mass is 16.5. The Labute approximate surface area is 150 Å². The molecule has 0 spiro atoms. The van der Waals surface area contributed by atoms with Gasteiger partial charge in [0, 0.05) is 44.1 Å². The predicted octanol–water partition coefficient (Wildman–Crippen LogP) is 1.77. The number of hydrogen-bond donors (Lipinski definition) is 1. The summed E-state index contributed by atoms with van der Waals surface area (Å²) in [6.45, 7) is 2.59. The molecule has 1 fully saturated rings. The Morgan fingerprint density at radius 3 is 2.62 bits per heavy atom. The second kappa shape index (κ2) is 6.26. The number of aromatic nitrogens is 3. The zero-order chi connectivity index (χ0) is 18.3. The predicted molar refractivity (Wildman–Crippen MR) is 90.9 cm³/mol. The van der Waals surface area contributed by atoms with Crippen LogP contribution in [-0.4, -0.2) is 49.9 Å². The summed E-state index contributed by atoms with van der Waals surface area (Å²) in [6.07, 6.45) is 7.78. The summed E-state index contributed by atoms with van der Waals surface area (Å²) >= 11 is 0. The van der Waals surface area contributed by atoms with Gasteiger partial charge in [0.25, 0.3) is 5.91 Å². The van der Waals surface area contributed by atoms with Crippen LogP contribution in [0.2, 0.25) is 0 Å². The third-order valence-electron chi connectivity index (χ3n) is 5.58. The lowest BCUT2D eigenvalue weighted by atomic mass is 9.87. The highest BCUT2D eigenvalue weighted by molar-refractivity contribution is 5.94. The van der Waals surface area contributed by atoms with Crippen molar-refractivity contribution in [1.29, 1.82) is 0 Å². The Bertz CT molecular complexity index is 845. The van der Waals surface area contributed by atoms with E-state index < -0.39 is 11.5 Å². The van der Waals surface area contributed by atoms with E-state index in [4.69, 9.17) is 4.52 Å². The fraction of sp³-hybridized carbons (Fsp3) is 0.556. The van der Waals surface area contributed by atoms with E-state index in [2.05, 4.69) is 10.3 Å². The van der Waals surface area contributed by atoms with Gasteiger partial charge in [-0.1, -0.05) is 5.16 Å². The molecule has 0 bridgehead atoms. The van der Waals surface area contributed by atoms with Crippen molar-refractivity contribution >= 4 is 11.9 Å². The van der Waals surface area contributed by atoms with Crippen LogP contribution in [0.15, 0.2) is 16.9 Å². The van der Waals surface area contributed by atoms with Crippen molar-refractivity contribution in [3.05, 3.63) is 35.0 Å². The number of nitrogens with zero attached hydrogens (tertiary/aromatic N) is 4. The fourth-order valence-corrected chi connectivity index (χ4v) is 3.97. The largest absolute Gasteiger partial charge is 0.479 e. The molecule has 8 heteroatoms. The average Bonchev–Trinajstić information content (AvgIpc) is 3.27. The molecule has 1 aliphatic heterocycles. The Morgan fingerprint density at radius 1 is 1.23 bits per heavy atom. The first-order valence-electron chi connectivity index (χ1n) is 9.03. The van der Waals surface area contributed by atoms with Crippen LogP contribution in [0.25, 0.3) is 0 Å². The monoisotopic (exact) mass is 358 g/mol. The summed E-state index contributed by atoms with van der Waals surface area (Å²) in [5.74, 6) is -0.248. The molecule has 1 saturated heterocycles. The summed E-state index contributed by atoms with van der Waals surface area (Å²) in [5.41, 5.74) is 1.14. The van der Waals surface area contributed by atoms with Crippen LogP contribution in [0.1, 0.15) is 53.1 Å². The molecule has 3 heterocycles. The molecule has 0 aromatic carbocycles. The number of likely N-dealkylation sites (tertiary alicyclic amines) is 1. The Hall–Kier alpha value is -2.64. The molecule has 0 unspecified atom stereocenters. The van der Waals surface area contributed by atoms with E-state index in [1.165, 1.54) is 4.68 Å². The molecule has 0 atom stereocenters.